The normalized spacial score (nSPS) is 14.6. The summed E-state index contributed by atoms with van der Waals surface area (Å²) in [5.74, 6) is -1.40. The van der Waals surface area contributed by atoms with Gasteiger partial charge in [0.15, 0.2) is 5.75 Å². The summed E-state index contributed by atoms with van der Waals surface area (Å²) in [6.45, 7) is 0.899. The number of hydrazone groups is 1. The van der Waals surface area contributed by atoms with Gasteiger partial charge in [0.05, 0.1) is 23.1 Å². The van der Waals surface area contributed by atoms with E-state index in [-0.39, 0.29) is 21.8 Å². The van der Waals surface area contributed by atoms with Crippen molar-refractivity contribution in [3.63, 3.8) is 0 Å². The van der Waals surface area contributed by atoms with Gasteiger partial charge in [0, 0.05) is 30.3 Å². The molecule has 12 heteroatoms. The first-order valence-electron chi connectivity index (χ1n) is 9.23. The molecular formula is C19H20N4O7S. The number of nitro groups is 1. The molecule has 0 atom stereocenters. The molecule has 1 aliphatic heterocycles. The second-order valence-corrected chi connectivity index (χ2v) is 8.62. The van der Waals surface area contributed by atoms with Crippen molar-refractivity contribution in [2.45, 2.75) is 17.7 Å². The lowest BCUT2D eigenvalue weighted by Gasteiger charge is -2.15. The second kappa shape index (κ2) is 9.10. The van der Waals surface area contributed by atoms with Crippen LogP contribution in [0.3, 0.4) is 0 Å². The van der Waals surface area contributed by atoms with E-state index in [9.17, 15) is 28.4 Å². The van der Waals surface area contributed by atoms with E-state index in [1.807, 2.05) is 0 Å². The maximum Gasteiger partial charge on any atom is 0.315 e. The number of aromatic hydroxyl groups is 1. The molecule has 1 heterocycles. The van der Waals surface area contributed by atoms with Crippen LogP contribution in [0.5, 0.6) is 11.5 Å². The summed E-state index contributed by atoms with van der Waals surface area (Å²) in [4.78, 5) is 22.7. The Balaban J connectivity index is 1.76. The van der Waals surface area contributed by atoms with Crippen molar-refractivity contribution in [2.75, 3.05) is 20.2 Å². The first-order valence-corrected chi connectivity index (χ1v) is 10.7. The Morgan fingerprint density at radius 1 is 1.29 bits per heavy atom. The Morgan fingerprint density at radius 3 is 2.65 bits per heavy atom. The maximum atomic E-state index is 12.7. The van der Waals surface area contributed by atoms with Crippen LogP contribution in [-0.2, 0) is 10.0 Å². The van der Waals surface area contributed by atoms with Gasteiger partial charge in [-0.15, -0.1) is 0 Å². The van der Waals surface area contributed by atoms with Gasteiger partial charge in [-0.1, -0.05) is 6.07 Å². The number of benzene rings is 2. The molecule has 2 aromatic rings. The van der Waals surface area contributed by atoms with Crippen LogP contribution in [0.1, 0.15) is 28.8 Å². The lowest BCUT2D eigenvalue weighted by molar-refractivity contribution is -0.386. The highest BCUT2D eigenvalue weighted by molar-refractivity contribution is 7.89. The average molecular weight is 448 g/mol. The number of phenols is 1. The predicted octanol–water partition coefficient (Wildman–Crippen LogP) is 1.86. The van der Waals surface area contributed by atoms with E-state index in [0.717, 1.165) is 25.1 Å². The van der Waals surface area contributed by atoms with Crippen molar-refractivity contribution in [2.24, 2.45) is 5.10 Å². The molecule has 2 N–H and O–H groups in total. The first-order chi connectivity index (χ1) is 14.7. The summed E-state index contributed by atoms with van der Waals surface area (Å²) in [5, 5.41) is 24.6. The van der Waals surface area contributed by atoms with Crippen LogP contribution < -0.4 is 10.2 Å². The van der Waals surface area contributed by atoms with E-state index in [1.54, 1.807) is 0 Å². The highest BCUT2D eigenvalue weighted by Crippen LogP contribution is 2.36. The van der Waals surface area contributed by atoms with Gasteiger partial charge in [0.25, 0.3) is 5.91 Å². The molecule has 0 saturated carbocycles. The summed E-state index contributed by atoms with van der Waals surface area (Å²) in [6.07, 6.45) is 2.74. The summed E-state index contributed by atoms with van der Waals surface area (Å²) >= 11 is 0. The van der Waals surface area contributed by atoms with Gasteiger partial charge in [-0.25, -0.2) is 13.8 Å². The minimum Gasteiger partial charge on any atom is -0.500 e. The van der Waals surface area contributed by atoms with Gasteiger partial charge in [-0.2, -0.15) is 9.41 Å². The van der Waals surface area contributed by atoms with Crippen molar-refractivity contribution in [1.29, 1.82) is 0 Å². The largest absolute Gasteiger partial charge is 0.500 e. The number of carbonyl (C=O) groups excluding carboxylic acids is 1. The monoisotopic (exact) mass is 448 g/mol. The molecule has 3 rings (SSSR count). The number of amides is 1. The lowest BCUT2D eigenvalue weighted by Crippen LogP contribution is -2.28. The number of hydrogen-bond donors (Lipinski definition) is 2. The molecule has 0 aromatic heterocycles. The Labute approximate surface area is 178 Å². The highest BCUT2D eigenvalue weighted by Gasteiger charge is 2.27. The first kappa shape index (κ1) is 22.2. The molecule has 0 spiro atoms. The van der Waals surface area contributed by atoms with E-state index in [4.69, 9.17) is 4.74 Å². The fourth-order valence-corrected chi connectivity index (χ4v) is 4.65. The number of carbonyl (C=O) groups is 1. The summed E-state index contributed by atoms with van der Waals surface area (Å²) < 4.78 is 31.6. The van der Waals surface area contributed by atoms with E-state index in [2.05, 4.69) is 10.5 Å². The average Bonchev–Trinajstić information content (AvgIpc) is 3.30. The molecule has 0 radical (unpaired) electrons. The number of nitrogens with zero attached hydrogens (tertiary/aromatic N) is 3. The molecular weight excluding hydrogens is 428 g/mol. The molecule has 2 aromatic carbocycles. The zero-order valence-corrected chi connectivity index (χ0v) is 17.3. The molecule has 0 unspecified atom stereocenters. The van der Waals surface area contributed by atoms with Crippen molar-refractivity contribution >= 4 is 27.8 Å². The van der Waals surface area contributed by atoms with Crippen LogP contribution >= 0.6 is 0 Å². The van der Waals surface area contributed by atoms with Crippen molar-refractivity contribution < 1.29 is 28.0 Å². The lowest BCUT2D eigenvalue weighted by atomic mass is 10.2. The molecule has 0 bridgehead atoms. The van der Waals surface area contributed by atoms with Gasteiger partial charge < -0.3 is 9.84 Å². The minimum atomic E-state index is -3.67. The van der Waals surface area contributed by atoms with E-state index < -0.39 is 32.3 Å². The zero-order chi connectivity index (χ0) is 22.6. The van der Waals surface area contributed by atoms with E-state index in [0.29, 0.717) is 13.1 Å². The van der Waals surface area contributed by atoms with Crippen molar-refractivity contribution in [3.8, 4) is 11.5 Å². The minimum absolute atomic E-state index is 0.0184. The third-order valence-electron chi connectivity index (χ3n) is 4.67. The number of hydrogen-bond acceptors (Lipinski definition) is 8. The zero-order valence-electron chi connectivity index (χ0n) is 16.5. The van der Waals surface area contributed by atoms with Crippen molar-refractivity contribution in [1.82, 2.24) is 9.73 Å². The summed E-state index contributed by atoms with van der Waals surface area (Å²) in [6, 6.07) is 7.98. The molecule has 1 saturated heterocycles. The standard InChI is InChI=1S/C19H20N4O7S/c1-30-17-10-13(9-16(18(17)24)23(26)27)12-20-21-19(25)14-5-4-6-15(11-14)31(28,29)22-7-2-3-8-22/h4-6,9-12,24H,2-3,7-8H2,1H3,(H,21,25)/b20-12-. The Hall–Kier alpha value is -3.51. The smallest absolute Gasteiger partial charge is 0.315 e. The molecule has 1 aliphatic rings. The maximum absolute atomic E-state index is 12.7. The number of nitrogens with one attached hydrogen (secondary N) is 1. The Bertz CT molecular complexity index is 1140. The quantitative estimate of drug-likeness (QED) is 0.372. The molecule has 11 nitrogen and oxygen atoms in total. The Morgan fingerprint density at radius 2 is 2.00 bits per heavy atom. The van der Waals surface area contributed by atoms with Crippen LogP contribution in [0.2, 0.25) is 0 Å². The Kier molecular flexibility index (Phi) is 6.51. The number of ether oxygens (including phenoxy) is 1. The third kappa shape index (κ3) is 4.81. The van der Waals surface area contributed by atoms with Gasteiger partial charge in [0.2, 0.25) is 15.8 Å². The molecule has 1 amide bonds. The molecule has 31 heavy (non-hydrogen) atoms. The highest BCUT2D eigenvalue weighted by atomic mass is 32.2. The van der Waals surface area contributed by atoms with Gasteiger partial charge >= 0.3 is 5.69 Å². The number of methoxy groups -OCH3 is 1. The van der Waals surface area contributed by atoms with Gasteiger partial charge in [-0.3, -0.25) is 14.9 Å². The second-order valence-electron chi connectivity index (χ2n) is 6.69. The van der Waals surface area contributed by atoms with Crippen LogP contribution in [-0.4, -0.2) is 55.1 Å². The third-order valence-corrected chi connectivity index (χ3v) is 6.57. The van der Waals surface area contributed by atoms with Crippen LogP contribution in [0.25, 0.3) is 0 Å². The van der Waals surface area contributed by atoms with E-state index >= 15 is 0 Å². The van der Waals surface area contributed by atoms with E-state index in [1.165, 1.54) is 41.7 Å². The fraction of sp³-hybridized carbons (Fsp3) is 0.263. The molecule has 0 aliphatic carbocycles. The number of phenolic OH excluding ortho intramolecular Hbond substituents is 1. The molecule has 164 valence electrons. The van der Waals surface area contributed by atoms with Crippen LogP contribution in [0.4, 0.5) is 5.69 Å². The SMILES string of the molecule is COc1cc(/C=N\NC(=O)c2cccc(S(=O)(=O)N3CCCC3)c2)cc([N+](=O)[O-])c1O. The van der Waals surface area contributed by atoms with Crippen molar-refractivity contribution in [3.05, 3.63) is 57.6 Å². The van der Waals surface area contributed by atoms with Gasteiger partial charge in [-0.05, 0) is 37.1 Å². The fourth-order valence-electron chi connectivity index (χ4n) is 3.09. The summed E-state index contributed by atoms with van der Waals surface area (Å²) in [7, 11) is -2.43. The van der Waals surface area contributed by atoms with Gasteiger partial charge in [0.1, 0.15) is 0 Å². The number of rotatable bonds is 7. The van der Waals surface area contributed by atoms with Crippen LogP contribution in [0.15, 0.2) is 46.4 Å². The number of sulfonamides is 1. The predicted molar refractivity (Wildman–Crippen MR) is 111 cm³/mol. The summed E-state index contributed by atoms with van der Waals surface area (Å²) in [5.41, 5.74) is 1.96. The topological polar surface area (TPSA) is 151 Å². The number of nitro benzene ring substituents is 1. The van der Waals surface area contributed by atoms with Crippen LogP contribution in [0, 0.1) is 10.1 Å². The molecule has 1 fully saturated rings.